The number of amides is 1. The Balaban J connectivity index is 1.27. The van der Waals surface area contributed by atoms with Crippen molar-refractivity contribution in [1.29, 1.82) is 0 Å². The van der Waals surface area contributed by atoms with Crippen LogP contribution in [0.5, 0.6) is 5.75 Å². The van der Waals surface area contributed by atoms with Gasteiger partial charge in [-0.05, 0) is 49.9 Å². The number of piperazine rings is 1. The maximum absolute atomic E-state index is 13.1. The lowest BCUT2D eigenvalue weighted by Gasteiger charge is -2.36. The fraction of sp³-hybridized carbons (Fsp3) is 0.435. The quantitative estimate of drug-likeness (QED) is 0.642. The van der Waals surface area contributed by atoms with Crippen LogP contribution in [0.2, 0.25) is 0 Å². The number of carbonyl (C=O) groups is 1. The van der Waals surface area contributed by atoms with Crippen molar-refractivity contribution in [3.63, 3.8) is 0 Å². The molecule has 1 fully saturated rings. The molecule has 1 aliphatic heterocycles. The minimum absolute atomic E-state index is 0.0192. The number of hydrogen-bond acceptors (Lipinski definition) is 5. The first kappa shape index (κ1) is 19.7. The summed E-state index contributed by atoms with van der Waals surface area (Å²) < 4.78 is 8.44. The number of benzene rings is 1. The van der Waals surface area contributed by atoms with Gasteiger partial charge < -0.3 is 19.1 Å². The summed E-state index contributed by atoms with van der Waals surface area (Å²) >= 11 is 0. The van der Waals surface area contributed by atoms with E-state index < -0.39 is 0 Å². The second-order valence-electron chi connectivity index (χ2n) is 8.22. The number of rotatable bonds is 4. The first-order chi connectivity index (χ1) is 15.1. The van der Waals surface area contributed by atoms with Crippen LogP contribution in [0.3, 0.4) is 0 Å². The first-order valence-corrected chi connectivity index (χ1v) is 10.9. The monoisotopic (exact) mass is 421 g/mol. The normalized spacial score (nSPS) is 16.4. The molecule has 1 aliphatic carbocycles. The summed E-state index contributed by atoms with van der Waals surface area (Å²) in [5, 5.41) is 4.57. The molecule has 0 N–H and O–H groups in total. The maximum atomic E-state index is 13.1. The van der Waals surface area contributed by atoms with Gasteiger partial charge in [-0.2, -0.15) is 5.10 Å². The van der Waals surface area contributed by atoms with Gasteiger partial charge in [0.25, 0.3) is 5.56 Å². The van der Waals surface area contributed by atoms with E-state index in [4.69, 9.17) is 4.74 Å². The topological polar surface area (TPSA) is 72.1 Å². The molecule has 8 nitrogen and oxygen atoms in total. The number of carbonyl (C=O) groups excluding carboxylic acids is 1. The molecule has 162 valence electrons. The minimum Gasteiger partial charge on any atom is -0.497 e. The van der Waals surface area contributed by atoms with Crippen molar-refractivity contribution in [2.75, 3.05) is 38.2 Å². The van der Waals surface area contributed by atoms with Gasteiger partial charge in [0.2, 0.25) is 5.91 Å². The average Bonchev–Trinajstić information content (AvgIpc) is 3.20. The molecule has 1 amide bonds. The van der Waals surface area contributed by atoms with Crippen LogP contribution in [0.1, 0.15) is 24.1 Å². The van der Waals surface area contributed by atoms with Crippen LogP contribution < -0.4 is 15.2 Å². The standard InChI is InChI=1S/C23H27N5O3/c1-31-18-8-6-17(7-9-18)25-10-12-26(13-11-25)21(29)16-27-14-15-28-22(23(27)30)19-4-2-3-5-20(19)24-28/h6-9,14-15H,2-5,10-13,16H2,1H3. The summed E-state index contributed by atoms with van der Waals surface area (Å²) in [6.45, 7) is 2.88. The van der Waals surface area contributed by atoms with Crippen LogP contribution in [-0.2, 0) is 24.2 Å². The number of nitrogens with zero attached hydrogens (tertiary/aromatic N) is 5. The summed E-state index contributed by atoms with van der Waals surface area (Å²) in [5.41, 5.74) is 3.73. The summed E-state index contributed by atoms with van der Waals surface area (Å²) in [5.74, 6) is 0.814. The minimum atomic E-state index is -0.122. The number of anilines is 1. The van der Waals surface area contributed by atoms with Gasteiger partial charge in [0.05, 0.1) is 12.8 Å². The van der Waals surface area contributed by atoms with Crippen LogP contribution in [-0.4, -0.2) is 58.3 Å². The lowest BCUT2D eigenvalue weighted by molar-refractivity contribution is -0.132. The Morgan fingerprint density at radius 2 is 1.77 bits per heavy atom. The predicted molar refractivity (Wildman–Crippen MR) is 118 cm³/mol. The van der Waals surface area contributed by atoms with Gasteiger partial charge in [-0.3, -0.25) is 9.59 Å². The van der Waals surface area contributed by atoms with Gasteiger partial charge in [-0.25, -0.2) is 4.52 Å². The largest absolute Gasteiger partial charge is 0.497 e. The van der Waals surface area contributed by atoms with Crippen molar-refractivity contribution in [1.82, 2.24) is 19.1 Å². The molecule has 1 aromatic carbocycles. The lowest BCUT2D eigenvalue weighted by atomic mass is 9.97. The number of hydrogen-bond donors (Lipinski definition) is 0. The average molecular weight is 422 g/mol. The second kappa shape index (κ2) is 8.09. The van der Waals surface area contributed by atoms with E-state index in [-0.39, 0.29) is 18.0 Å². The zero-order chi connectivity index (χ0) is 21.4. The molecule has 5 rings (SSSR count). The molecule has 0 bridgehead atoms. The predicted octanol–water partition coefficient (Wildman–Crippen LogP) is 1.73. The molecule has 0 unspecified atom stereocenters. The van der Waals surface area contributed by atoms with E-state index in [1.165, 1.54) is 4.57 Å². The van der Waals surface area contributed by atoms with Crippen molar-refractivity contribution in [2.45, 2.75) is 32.2 Å². The van der Waals surface area contributed by atoms with Crippen molar-refractivity contribution in [2.24, 2.45) is 0 Å². The summed E-state index contributed by atoms with van der Waals surface area (Å²) in [6, 6.07) is 7.98. The van der Waals surface area contributed by atoms with E-state index in [2.05, 4.69) is 10.00 Å². The molecule has 8 heteroatoms. The number of fused-ring (bicyclic) bond motifs is 3. The Labute approximate surface area is 180 Å². The molecule has 0 radical (unpaired) electrons. The summed E-state index contributed by atoms with van der Waals surface area (Å²) in [6.07, 6.45) is 7.49. The Kier molecular flexibility index (Phi) is 5.13. The number of aromatic nitrogens is 3. The fourth-order valence-electron chi connectivity index (χ4n) is 4.63. The van der Waals surface area contributed by atoms with Crippen LogP contribution in [0.25, 0.3) is 5.52 Å². The van der Waals surface area contributed by atoms with E-state index in [1.807, 2.05) is 29.2 Å². The van der Waals surface area contributed by atoms with E-state index >= 15 is 0 Å². The third-order valence-electron chi connectivity index (χ3n) is 6.41. The lowest BCUT2D eigenvalue weighted by Crippen LogP contribution is -2.50. The smallest absolute Gasteiger partial charge is 0.277 e. The van der Waals surface area contributed by atoms with Gasteiger partial charge in [0.15, 0.2) is 0 Å². The molecule has 3 aromatic rings. The van der Waals surface area contributed by atoms with Crippen molar-refractivity contribution in [3.05, 3.63) is 58.3 Å². The number of methoxy groups -OCH3 is 1. The Bertz CT molecular complexity index is 1160. The zero-order valence-corrected chi connectivity index (χ0v) is 17.8. The molecular weight excluding hydrogens is 394 g/mol. The van der Waals surface area contributed by atoms with Gasteiger partial charge in [0, 0.05) is 49.8 Å². The fourth-order valence-corrected chi connectivity index (χ4v) is 4.63. The molecule has 0 spiro atoms. The molecule has 3 heterocycles. The molecule has 0 saturated carbocycles. The van der Waals surface area contributed by atoms with Crippen LogP contribution in [0, 0.1) is 0 Å². The van der Waals surface area contributed by atoms with Gasteiger partial charge >= 0.3 is 0 Å². The van der Waals surface area contributed by atoms with Crippen LogP contribution in [0.4, 0.5) is 5.69 Å². The van der Waals surface area contributed by atoms with Gasteiger partial charge in [0.1, 0.15) is 17.8 Å². The van der Waals surface area contributed by atoms with E-state index in [0.717, 1.165) is 61.5 Å². The second-order valence-corrected chi connectivity index (χ2v) is 8.22. The van der Waals surface area contributed by atoms with Crippen LogP contribution >= 0.6 is 0 Å². The third-order valence-corrected chi connectivity index (χ3v) is 6.41. The highest BCUT2D eigenvalue weighted by Gasteiger charge is 2.23. The SMILES string of the molecule is COc1ccc(N2CCN(C(=O)Cn3ccn4nc5c(c4c3=O)CCCC5)CC2)cc1. The van der Waals surface area contributed by atoms with Gasteiger partial charge in [-0.15, -0.1) is 0 Å². The number of aryl methyl sites for hydroxylation is 2. The highest BCUT2D eigenvalue weighted by atomic mass is 16.5. The summed E-state index contributed by atoms with van der Waals surface area (Å²) in [7, 11) is 1.66. The van der Waals surface area contributed by atoms with Gasteiger partial charge in [-0.1, -0.05) is 0 Å². The third kappa shape index (κ3) is 3.66. The molecule has 1 saturated heterocycles. The molecule has 0 atom stereocenters. The Hall–Kier alpha value is -3.29. The molecule has 31 heavy (non-hydrogen) atoms. The highest BCUT2D eigenvalue weighted by molar-refractivity contribution is 5.76. The Morgan fingerprint density at radius 3 is 2.52 bits per heavy atom. The zero-order valence-electron chi connectivity index (χ0n) is 17.8. The van der Waals surface area contributed by atoms with Crippen molar-refractivity contribution < 1.29 is 9.53 Å². The molecular formula is C23H27N5O3. The van der Waals surface area contributed by atoms with Crippen molar-refractivity contribution >= 4 is 17.1 Å². The van der Waals surface area contributed by atoms with E-state index in [1.54, 1.807) is 24.0 Å². The van der Waals surface area contributed by atoms with Crippen molar-refractivity contribution in [3.8, 4) is 5.75 Å². The maximum Gasteiger partial charge on any atom is 0.277 e. The first-order valence-electron chi connectivity index (χ1n) is 10.9. The molecule has 2 aliphatic rings. The van der Waals surface area contributed by atoms with E-state index in [9.17, 15) is 9.59 Å². The number of ether oxygens (including phenoxy) is 1. The van der Waals surface area contributed by atoms with Crippen LogP contribution in [0.15, 0.2) is 41.5 Å². The molecule has 2 aromatic heterocycles. The summed E-state index contributed by atoms with van der Waals surface area (Å²) in [4.78, 5) is 30.1. The van der Waals surface area contributed by atoms with E-state index in [0.29, 0.717) is 18.6 Å². The highest BCUT2D eigenvalue weighted by Crippen LogP contribution is 2.23. The Morgan fingerprint density at radius 1 is 1.03 bits per heavy atom.